The summed E-state index contributed by atoms with van der Waals surface area (Å²) in [6.45, 7) is -0.283. The Morgan fingerprint density at radius 3 is 2.61 bits per heavy atom. The van der Waals surface area contributed by atoms with Crippen LogP contribution >= 0.6 is 11.6 Å². The van der Waals surface area contributed by atoms with Gasteiger partial charge in [0, 0.05) is 17.7 Å². The molecule has 1 aromatic heterocycles. The van der Waals surface area contributed by atoms with Gasteiger partial charge >= 0.3 is 5.76 Å². The van der Waals surface area contributed by atoms with Crippen molar-refractivity contribution in [3.8, 4) is 0 Å². The van der Waals surface area contributed by atoms with E-state index in [2.05, 4.69) is 0 Å². The number of hydrogen-bond donors (Lipinski definition) is 0. The third kappa shape index (κ3) is 2.74. The van der Waals surface area contributed by atoms with Gasteiger partial charge in [0.1, 0.15) is 5.02 Å². The van der Waals surface area contributed by atoms with Crippen LogP contribution in [0.25, 0.3) is 11.1 Å². The number of hydrogen-bond acceptors (Lipinski definition) is 5. The zero-order valence-corrected chi connectivity index (χ0v) is 12.3. The van der Waals surface area contributed by atoms with Crippen LogP contribution < -0.4 is 5.76 Å². The summed E-state index contributed by atoms with van der Waals surface area (Å²) in [4.78, 5) is 34.5. The van der Waals surface area contributed by atoms with E-state index in [4.69, 9.17) is 16.0 Å². The molecule has 0 aliphatic rings. The molecule has 0 saturated heterocycles. The molecule has 0 amide bonds. The zero-order chi connectivity index (χ0) is 16.6. The first kappa shape index (κ1) is 15.0. The van der Waals surface area contributed by atoms with Crippen molar-refractivity contribution in [1.29, 1.82) is 0 Å². The van der Waals surface area contributed by atoms with Crippen LogP contribution in [0.5, 0.6) is 0 Å². The number of carbonyl (C=O) groups excluding carboxylic acids is 1. The van der Waals surface area contributed by atoms with Crippen molar-refractivity contribution in [1.82, 2.24) is 4.57 Å². The molecular formula is C15H9ClN2O5. The molecule has 3 aromatic rings. The summed E-state index contributed by atoms with van der Waals surface area (Å²) in [6, 6.07) is 10.7. The van der Waals surface area contributed by atoms with Crippen LogP contribution in [0.15, 0.2) is 51.7 Å². The normalized spacial score (nSPS) is 10.8. The standard InChI is InChI=1S/C15H9ClN2O5/c16-10-6-14-12(7-11(10)18(21)22)17(15(20)23-14)8-13(19)9-4-2-1-3-5-9/h1-7H,8H2. The van der Waals surface area contributed by atoms with Crippen LogP contribution in [0.3, 0.4) is 0 Å². The molecule has 0 N–H and O–H groups in total. The number of nitrogens with zero attached hydrogens (tertiary/aromatic N) is 2. The number of ketones is 1. The molecule has 0 aliphatic heterocycles. The number of nitro benzene ring substituents is 1. The number of fused-ring (bicyclic) bond motifs is 1. The van der Waals surface area contributed by atoms with E-state index in [1.54, 1.807) is 30.3 Å². The van der Waals surface area contributed by atoms with Gasteiger partial charge in [0.15, 0.2) is 11.4 Å². The summed E-state index contributed by atoms with van der Waals surface area (Å²) < 4.78 is 6.05. The van der Waals surface area contributed by atoms with E-state index in [9.17, 15) is 19.7 Å². The fourth-order valence-corrected chi connectivity index (χ4v) is 2.44. The fourth-order valence-electron chi connectivity index (χ4n) is 2.22. The molecule has 116 valence electrons. The Morgan fingerprint density at radius 1 is 1.26 bits per heavy atom. The van der Waals surface area contributed by atoms with E-state index < -0.39 is 10.7 Å². The van der Waals surface area contributed by atoms with Crippen LogP contribution in [0, 0.1) is 10.1 Å². The molecule has 0 unspecified atom stereocenters. The number of aromatic nitrogens is 1. The molecule has 1 heterocycles. The lowest BCUT2D eigenvalue weighted by atomic mass is 10.1. The highest BCUT2D eigenvalue weighted by Gasteiger charge is 2.20. The second kappa shape index (κ2) is 5.69. The second-order valence-corrected chi connectivity index (χ2v) is 5.18. The predicted octanol–water partition coefficient (Wildman–Crippen LogP) is 3.04. The van der Waals surface area contributed by atoms with Crippen molar-refractivity contribution in [2.45, 2.75) is 6.54 Å². The number of halogens is 1. The van der Waals surface area contributed by atoms with E-state index in [0.29, 0.717) is 5.56 Å². The Balaban J connectivity index is 2.09. The van der Waals surface area contributed by atoms with Gasteiger partial charge in [-0.05, 0) is 0 Å². The molecule has 8 heteroatoms. The average Bonchev–Trinajstić information content (AvgIpc) is 2.82. The second-order valence-electron chi connectivity index (χ2n) is 4.77. The Kier molecular flexibility index (Phi) is 3.71. The third-order valence-corrected chi connectivity index (χ3v) is 3.63. The lowest BCUT2D eigenvalue weighted by molar-refractivity contribution is -0.384. The van der Waals surface area contributed by atoms with Gasteiger partial charge in [-0.15, -0.1) is 0 Å². The molecule has 0 spiro atoms. The molecule has 3 rings (SSSR count). The largest absolute Gasteiger partial charge is 0.420 e. The highest BCUT2D eigenvalue weighted by atomic mass is 35.5. The number of Topliss-reactive ketones (excluding diaryl/α,β-unsaturated/α-hetero) is 1. The van der Waals surface area contributed by atoms with Crippen LogP contribution in [-0.4, -0.2) is 15.3 Å². The van der Waals surface area contributed by atoms with Crippen molar-refractivity contribution >= 4 is 34.2 Å². The maximum Gasteiger partial charge on any atom is 0.420 e. The van der Waals surface area contributed by atoms with E-state index in [1.165, 1.54) is 6.07 Å². The van der Waals surface area contributed by atoms with Gasteiger partial charge in [-0.25, -0.2) is 4.79 Å². The average molecular weight is 333 g/mol. The molecule has 0 saturated carbocycles. The number of carbonyl (C=O) groups is 1. The maximum atomic E-state index is 12.2. The highest BCUT2D eigenvalue weighted by molar-refractivity contribution is 6.33. The van der Waals surface area contributed by atoms with Gasteiger partial charge in [-0.1, -0.05) is 41.9 Å². The van der Waals surface area contributed by atoms with Gasteiger partial charge in [0.05, 0.1) is 17.0 Å². The lowest BCUT2D eigenvalue weighted by Crippen LogP contribution is -2.20. The molecule has 7 nitrogen and oxygen atoms in total. The van der Waals surface area contributed by atoms with E-state index in [0.717, 1.165) is 10.6 Å². The molecule has 0 fully saturated rings. The first-order valence-electron chi connectivity index (χ1n) is 6.53. The lowest BCUT2D eigenvalue weighted by Gasteiger charge is -2.02. The van der Waals surface area contributed by atoms with Crippen molar-refractivity contribution < 1.29 is 14.1 Å². The highest BCUT2D eigenvalue weighted by Crippen LogP contribution is 2.29. The van der Waals surface area contributed by atoms with E-state index in [1.807, 2.05) is 0 Å². The monoisotopic (exact) mass is 332 g/mol. The van der Waals surface area contributed by atoms with Gasteiger partial charge < -0.3 is 4.42 Å². The van der Waals surface area contributed by atoms with Crippen molar-refractivity contribution in [3.63, 3.8) is 0 Å². The SMILES string of the molecule is O=C(Cn1c(=O)oc2cc(Cl)c([N+](=O)[O-])cc21)c1ccccc1. The number of rotatable bonds is 4. The van der Waals surface area contributed by atoms with E-state index >= 15 is 0 Å². The molecule has 0 bridgehead atoms. The van der Waals surface area contributed by atoms with Crippen LogP contribution in [0.4, 0.5) is 5.69 Å². The number of nitro groups is 1. The minimum atomic E-state index is -0.777. The molecule has 2 aromatic carbocycles. The number of benzene rings is 2. The third-order valence-electron chi connectivity index (χ3n) is 3.33. The van der Waals surface area contributed by atoms with Crippen LogP contribution in [0.1, 0.15) is 10.4 Å². The summed E-state index contributed by atoms with van der Waals surface area (Å²) in [5.74, 6) is -1.09. The zero-order valence-electron chi connectivity index (χ0n) is 11.6. The molecular weight excluding hydrogens is 324 g/mol. The quantitative estimate of drug-likeness (QED) is 0.415. The minimum absolute atomic E-state index is 0.0893. The van der Waals surface area contributed by atoms with Crippen LogP contribution in [0.2, 0.25) is 5.02 Å². The molecule has 0 atom stereocenters. The van der Waals surface area contributed by atoms with Crippen molar-refractivity contribution in [3.05, 3.63) is 73.7 Å². The minimum Gasteiger partial charge on any atom is -0.408 e. The molecule has 0 aliphatic carbocycles. The van der Waals surface area contributed by atoms with Gasteiger partial charge in [-0.2, -0.15) is 0 Å². The number of oxazole rings is 1. The maximum absolute atomic E-state index is 12.2. The first-order chi connectivity index (χ1) is 11.0. The summed E-state index contributed by atoms with van der Waals surface area (Å²) >= 11 is 5.78. The topological polar surface area (TPSA) is 95.3 Å². The smallest absolute Gasteiger partial charge is 0.408 e. The Labute approximate surface area is 133 Å². The Hall–Kier alpha value is -2.93. The van der Waals surface area contributed by atoms with Gasteiger partial charge in [0.25, 0.3) is 5.69 Å². The Morgan fingerprint density at radius 2 is 1.96 bits per heavy atom. The Bertz CT molecular complexity index is 975. The first-order valence-corrected chi connectivity index (χ1v) is 6.90. The van der Waals surface area contributed by atoms with E-state index in [-0.39, 0.29) is 34.1 Å². The van der Waals surface area contributed by atoms with Crippen LogP contribution in [-0.2, 0) is 6.54 Å². The van der Waals surface area contributed by atoms with Gasteiger partial charge in [0.2, 0.25) is 0 Å². The molecule has 23 heavy (non-hydrogen) atoms. The summed E-state index contributed by atoms with van der Waals surface area (Å²) in [5.41, 5.74) is 0.305. The fraction of sp³-hybridized carbons (Fsp3) is 0.0667. The molecule has 0 radical (unpaired) electrons. The predicted molar refractivity (Wildman–Crippen MR) is 82.9 cm³/mol. The van der Waals surface area contributed by atoms with Gasteiger partial charge in [-0.3, -0.25) is 19.5 Å². The summed E-state index contributed by atoms with van der Waals surface area (Å²) in [7, 11) is 0. The summed E-state index contributed by atoms with van der Waals surface area (Å²) in [6.07, 6.45) is 0. The van der Waals surface area contributed by atoms with Crippen molar-refractivity contribution in [2.75, 3.05) is 0 Å². The summed E-state index contributed by atoms with van der Waals surface area (Å²) in [5, 5.41) is 10.8. The van der Waals surface area contributed by atoms with Crippen molar-refractivity contribution in [2.24, 2.45) is 0 Å².